The van der Waals surface area contributed by atoms with Crippen LogP contribution in [0.1, 0.15) is 21.5 Å². The molecule has 2 aromatic rings. The van der Waals surface area contributed by atoms with Crippen LogP contribution >= 0.6 is 0 Å². The van der Waals surface area contributed by atoms with Crippen molar-refractivity contribution in [1.82, 2.24) is 0 Å². The Morgan fingerprint density at radius 1 is 1.08 bits per heavy atom. The number of methoxy groups -OCH3 is 2. The first-order valence-electron chi connectivity index (χ1n) is 7.36. The summed E-state index contributed by atoms with van der Waals surface area (Å²) in [4.78, 5) is 23.8. The molecule has 2 aromatic carbocycles. The van der Waals surface area contributed by atoms with E-state index in [0.29, 0.717) is 22.7 Å². The van der Waals surface area contributed by atoms with Crippen LogP contribution in [-0.4, -0.2) is 26.0 Å². The van der Waals surface area contributed by atoms with E-state index < -0.39 is 5.91 Å². The molecule has 3 N–H and O–H groups in total. The summed E-state index contributed by atoms with van der Waals surface area (Å²) in [6.07, 6.45) is 0.0763. The van der Waals surface area contributed by atoms with E-state index in [1.54, 1.807) is 44.6 Å². The van der Waals surface area contributed by atoms with Crippen LogP contribution < -0.4 is 20.5 Å². The summed E-state index contributed by atoms with van der Waals surface area (Å²) in [5.74, 6) is 0.399. The average molecular weight is 328 g/mol. The van der Waals surface area contributed by atoms with Crippen molar-refractivity contribution in [2.75, 3.05) is 19.5 Å². The number of primary amides is 1. The molecule has 0 aliphatic carbocycles. The molecule has 0 aliphatic rings. The minimum absolute atomic E-state index is 0.0763. The molecule has 24 heavy (non-hydrogen) atoms. The lowest BCUT2D eigenvalue weighted by Crippen LogP contribution is -2.19. The summed E-state index contributed by atoms with van der Waals surface area (Å²) < 4.78 is 10.6. The van der Waals surface area contributed by atoms with Crippen LogP contribution in [0.15, 0.2) is 36.4 Å². The third-order valence-electron chi connectivity index (χ3n) is 3.62. The lowest BCUT2D eigenvalue weighted by molar-refractivity contribution is -0.115. The average Bonchev–Trinajstić information content (AvgIpc) is 2.56. The number of nitrogens with one attached hydrogen (secondary N) is 1. The molecule has 126 valence electrons. The molecule has 0 saturated carbocycles. The molecule has 0 fully saturated rings. The SMILES string of the molecule is COc1cc(CC(=O)Nc2ccccc2C(N)=O)c(OC)cc1C. The van der Waals surface area contributed by atoms with E-state index in [1.165, 1.54) is 0 Å². The van der Waals surface area contributed by atoms with Gasteiger partial charge >= 0.3 is 0 Å². The van der Waals surface area contributed by atoms with E-state index in [0.717, 1.165) is 5.56 Å². The fraction of sp³-hybridized carbons (Fsp3) is 0.222. The zero-order valence-corrected chi connectivity index (χ0v) is 13.9. The Hall–Kier alpha value is -3.02. The predicted molar refractivity (Wildman–Crippen MR) is 91.6 cm³/mol. The van der Waals surface area contributed by atoms with Crippen LogP contribution in [0.25, 0.3) is 0 Å². The number of nitrogens with two attached hydrogens (primary N) is 1. The topological polar surface area (TPSA) is 90.6 Å². The fourth-order valence-electron chi connectivity index (χ4n) is 2.43. The Bertz CT molecular complexity index is 772. The number of amides is 2. The molecular formula is C18H20N2O4. The number of benzene rings is 2. The number of carbonyl (C=O) groups is 2. The number of carbonyl (C=O) groups excluding carboxylic acids is 2. The van der Waals surface area contributed by atoms with Crippen LogP contribution in [-0.2, 0) is 11.2 Å². The Morgan fingerprint density at radius 3 is 2.38 bits per heavy atom. The maximum atomic E-state index is 12.3. The molecule has 2 rings (SSSR count). The van der Waals surface area contributed by atoms with Crippen LogP contribution in [0.3, 0.4) is 0 Å². The van der Waals surface area contributed by atoms with Gasteiger partial charge in [-0.1, -0.05) is 12.1 Å². The van der Waals surface area contributed by atoms with E-state index in [1.807, 2.05) is 13.0 Å². The molecule has 6 heteroatoms. The molecule has 0 saturated heterocycles. The molecule has 0 radical (unpaired) electrons. The monoisotopic (exact) mass is 328 g/mol. The van der Waals surface area contributed by atoms with Crippen molar-refractivity contribution in [1.29, 1.82) is 0 Å². The predicted octanol–water partition coefficient (Wildman–Crippen LogP) is 2.29. The lowest BCUT2D eigenvalue weighted by Gasteiger charge is -2.14. The van der Waals surface area contributed by atoms with Gasteiger partial charge in [-0.2, -0.15) is 0 Å². The number of para-hydroxylation sites is 1. The Labute approximate surface area is 140 Å². The van der Waals surface area contributed by atoms with Crippen molar-refractivity contribution in [2.45, 2.75) is 13.3 Å². The molecule has 0 aromatic heterocycles. The van der Waals surface area contributed by atoms with Crippen molar-refractivity contribution in [3.8, 4) is 11.5 Å². The van der Waals surface area contributed by atoms with Crippen LogP contribution in [0.5, 0.6) is 11.5 Å². The minimum atomic E-state index is -0.597. The van der Waals surface area contributed by atoms with Crippen LogP contribution in [0, 0.1) is 6.92 Å². The van der Waals surface area contributed by atoms with Gasteiger partial charge in [0, 0.05) is 5.56 Å². The highest BCUT2D eigenvalue weighted by atomic mass is 16.5. The standard InChI is InChI=1S/C18H20N2O4/c1-11-8-16(24-3)12(9-15(11)23-2)10-17(21)20-14-7-5-4-6-13(14)18(19)22/h4-9H,10H2,1-3H3,(H2,19,22)(H,20,21). The maximum absolute atomic E-state index is 12.3. The first-order valence-corrected chi connectivity index (χ1v) is 7.36. The number of anilines is 1. The summed E-state index contributed by atoms with van der Waals surface area (Å²) in [7, 11) is 3.12. The molecular weight excluding hydrogens is 308 g/mol. The van der Waals surface area contributed by atoms with Gasteiger partial charge in [-0.3, -0.25) is 9.59 Å². The van der Waals surface area contributed by atoms with Crippen molar-refractivity contribution in [3.63, 3.8) is 0 Å². The molecule has 0 aliphatic heterocycles. The van der Waals surface area contributed by atoms with E-state index in [4.69, 9.17) is 15.2 Å². The van der Waals surface area contributed by atoms with Gasteiger partial charge in [0.15, 0.2) is 0 Å². The molecule has 2 amide bonds. The van der Waals surface area contributed by atoms with Gasteiger partial charge in [0.05, 0.1) is 31.9 Å². The minimum Gasteiger partial charge on any atom is -0.496 e. The van der Waals surface area contributed by atoms with Gasteiger partial charge in [-0.05, 0) is 36.8 Å². The van der Waals surface area contributed by atoms with Crippen molar-refractivity contribution >= 4 is 17.5 Å². The number of hydrogen-bond donors (Lipinski definition) is 2. The Kier molecular flexibility index (Phi) is 5.42. The summed E-state index contributed by atoms with van der Waals surface area (Å²) in [5, 5.41) is 2.71. The largest absolute Gasteiger partial charge is 0.496 e. The van der Waals surface area contributed by atoms with Crippen molar-refractivity contribution in [3.05, 3.63) is 53.1 Å². The highest BCUT2D eigenvalue weighted by molar-refractivity contribution is 6.03. The molecule has 0 atom stereocenters. The first-order chi connectivity index (χ1) is 11.5. The van der Waals surface area contributed by atoms with Crippen LogP contribution in [0.2, 0.25) is 0 Å². The van der Waals surface area contributed by atoms with Gasteiger partial charge in [0.25, 0.3) is 5.91 Å². The lowest BCUT2D eigenvalue weighted by atomic mass is 10.1. The van der Waals surface area contributed by atoms with Gasteiger partial charge in [0.2, 0.25) is 5.91 Å². The molecule has 0 spiro atoms. The van der Waals surface area contributed by atoms with E-state index >= 15 is 0 Å². The van der Waals surface area contributed by atoms with Gasteiger partial charge in [-0.25, -0.2) is 0 Å². The van der Waals surface area contributed by atoms with Crippen LogP contribution in [0.4, 0.5) is 5.69 Å². The third-order valence-corrected chi connectivity index (χ3v) is 3.62. The molecule has 0 heterocycles. The number of aryl methyl sites for hydroxylation is 1. The normalized spacial score (nSPS) is 10.1. The second-order valence-electron chi connectivity index (χ2n) is 5.27. The van der Waals surface area contributed by atoms with E-state index in [-0.39, 0.29) is 17.9 Å². The zero-order chi connectivity index (χ0) is 17.7. The second-order valence-corrected chi connectivity index (χ2v) is 5.27. The summed E-state index contributed by atoms with van der Waals surface area (Å²) in [5.41, 5.74) is 7.57. The fourth-order valence-corrected chi connectivity index (χ4v) is 2.43. The molecule has 0 unspecified atom stereocenters. The Morgan fingerprint density at radius 2 is 1.75 bits per heavy atom. The van der Waals surface area contributed by atoms with Gasteiger partial charge in [0.1, 0.15) is 11.5 Å². The van der Waals surface area contributed by atoms with E-state index in [2.05, 4.69) is 5.32 Å². The highest BCUT2D eigenvalue weighted by Crippen LogP contribution is 2.29. The highest BCUT2D eigenvalue weighted by Gasteiger charge is 2.15. The Balaban J connectivity index is 2.23. The smallest absolute Gasteiger partial charge is 0.250 e. The maximum Gasteiger partial charge on any atom is 0.250 e. The summed E-state index contributed by atoms with van der Waals surface area (Å²) in [6.45, 7) is 1.90. The quantitative estimate of drug-likeness (QED) is 0.851. The first kappa shape index (κ1) is 17.3. The number of ether oxygens (including phenoxy) is 2. The number of hydrogen-bond acceptors (Lipinski definition) is 4. The summed E-state index contributed by atoms with van der Waals surface area (Å²) in [6, 6.07) is 10.2. The van der Waals surface area contributed by atoms with E-state index in [9.17, 15) is 9.59 Å². The van der Waals surface area contributed by atoms with Gasteiger partial charge in [-0.15, -0.1) is 0 Å². The van der Waals surface area contributed by atoms with Gasteiger partial charge < -0.3 is 20.5 Å². The third kappa shape index (κ3) is 3.84. The second kappa shape index (κ2) is 7.50. The molecule has 6 nitrogen and oxygen atoms in total. The van der Waals surface area contributed by atoms with Crippen molar-refractivity contribution in [2.24, 2.45) is 5.73 Å². The molecule has 0 bridgehead atoms. The van der Waals surface area contributed by atoms with Crippen molar-refractivity contribution < 1.29 is 19.1 Å². The summed E-state index contributed by atoms with van der Waals surface area (Å²) >= 11 is 0. The zero-order valence-electron chi connectivity index (χ0n) is 13.9. The number of rotatable bonds is 6.